The van der Waals surface area contributed by atoms with Gasteiger partial charge in [0.25, 0.3) is 11.8 Å². The van der Waals surface area contributed by atoms with Crippen molar-refractivity contribution in [2.24, 2.45) is 0 Å². The van der Waals surface area contributed by atoms with Crippen molar-refractivity contribution in [1.29, 1.82) is 0 Å². The predicted molar refractivity (Wildman–Crippen MR) is 99.2 cm³/mol. The molecule has 4 rings (SSSR count). The van der Waals surface area contributed by atoms with Crippen LogP contribution in [0.3, 0.4) is 0 Å². The van der Waals surface area contributed by atoms with Crippen molar-refractivity contribution in [2.75, 3.05) is 44.3 Å². The molecule has 4 heterocycles. The Bertz CT molecular complexity index is 701. The molecule has 0 atom stereocenters. The summed E-state index contributed by atoms with van der Waals surface area (Å²) in [6.45, 7) is 10.0. The predicted octanol–water partition coefficient (Wildman–Crippen LogP) is 2.56. The Balaban J connectivity index is 1.37. The molecular formula is C19H27N5O2. The minimum absolute atomic E-state index is 0.461. The Morgan fingerprint density at radius 3 is 2.50 bits per heavy atom. The zero-order valence-corrected chi connectivity index (χ0v) is 15.6. The van der Waals surface area contributed by atoms with Gasteiger partial charge in [0.05, 0.1) is 13.2 Å². The standard InChI is InChI=1S/C19H27N5O2/c1-14(2)15-3-4-17(20-13-15)18-21-19(22-26-18)24-7-5-16(6-8-24)23-9-11-25-12-10-23/h3-4,13-14,16H,5-12H2,1-2H3. The average molecular weight is 357 g/mol. The highest BCUT2D eigenvalue weighted by Gasteiger charge is 2.27. The summed E-state index contributed by atoms with van der Waals surface area (Å²) in [6.07, 6.45) is 4.15. The van der Waals surface area contributed by atoms with Gasteiger partial charge in [-0.05, 0) is 35.5 Å². The van der Waals surface area contributed by atoms with E-state index >= 15 is 0 Å². The number of nitrogens with zero attached hydrogens (tertiary/aromatic N) is 5. The Kier molecular flexibility index (Phi) is 5.17. The number of rotatable bonds is 4. The van der Waals surface area contributed by atoms with E-state index in [1.807, 2.05) is 12.3 Å². The molecule has 0 saturated carbocycles. The lowest BCUT2D eigenvalue weighted by Crippen LogP contribution is -2.49. The quantitative estimate of drug-likeness (QED) is 0.833. The monoisotopic (exact) mass is 357 g/mol. The summed E-state index contributed by atoms with van der Waals surface area (Å²) >= 11 is 0. The van der Waals surface area contributed by atoms with Crippen molar-refractivity contribution >= 4 is 5.95 Å². The summed E-state index contributed by atoms with van der Waals surface area (Å²) in [5.41, 5.74) is 1.94. The van der Waals surface area contributed by atoms with Crippen LogP contribution in [0, 0.1) is 0 Å². The van der Waals surface area contributed by atoms with Crippen molar-refractivity contribution in [3.8, 4) is 11.6 Å². The van der Waals surface area contributed by atoms with Crippen LogP contribution >= 0.6 is 0 Å². The molecule has 7 nitrogen and oxygen atoms in total. The number of ether oxygens (including phenoxy) is 1. The number of anilines is 1. The Hall–Kier alpha value is -1.99. The summed E-state index contributed by atoms with van der Waals surface area (Å²) in [5.74, 6) is 1.63. The summed E-state index contributed by atoms with van der Waals surface area (Å²) in [4.78, 5) is 13.8. The van der Waals surface area contributed by atoms with Gasteiger partial charge in [-0.25, -0.2) is 0 Å². The average Bonchev–Trinajstić information content (AvgIpc) is 3.19. The van der Waals surface area contributed by atoms with Crippen LogP contribution in [0.4, 0.5) is 5.95 Å². The molecule has 2 aromatic rings. The van der Waals surface area contributed by atoms with Gasteiger partial charge in [-0.1, -0.05) is 19.9 Å². The van der Waals surface area contributed by atoms with Gasteiger partial charge in [-0.3, -0.25) is 9.88 Å². The lowest BCUT2D eigenvalue weighted by atomic mass is 10.0. The van der Waals surface area contributed by atoms with Gasteiger partial charge in [0, 0.05) is 38.4 Å². The second kappa shape index (κ2) is 7.72. The minimum Gasteiger partial charge on any atom is -0.379 e. The fraction of sp³-hybridized carbons (Fsp3) is 0.632. The van der Waals surface area contributed by atoms with E-state index in [4.69, 9.17) is 9.26 Å². The highest BCUT2D eigenvalue weighted by Crippen LogP contribution is 2.24. The third kappa shape index (κ3) is 3.73. The van der Waals surface area contributed by atoms with Crippen molar-refractivity contribution < 1.29 is 9.26 Å². The van der Waals surface area contributed by atoms with Crippen LogP contribution in [-0.2, 0) is 4.74 Å². The van der Waals surface area contributed by atoms with E-state index in [0.717, 1.165) is 57.9 Å². The molecule has 7 heteroatoms. The number of piperidine rings is 1. The maximum absolute atomic E-state index is 5.46. The molecule has 2 fully saturated rings. The Morgan fingerprint density at radius 1 is 1.08 bits per heavy atom. The van der Waals surface area contributed by atoms with Gasteiger partial charge in [0.1, 0.15) is 5.69 Å². The number of aromatic nitrogens is 3. The van der Waals surface area contributed by atoms with Crippen LogP contribution in [0.5, 0.6) is 0 Å². The van der Waals surface area contributed by atoms with Gasteiger partial charge in [0.2, 0.25) is 0 Å². The number of hydrogen-bond donors (Lipinski definition) is 0. The van der Waals surface area contributed by atoms with E-state index in [9.17, 15) is 0 Å². The summed E-state index contributed by atoms with van der Waals surface area (Å²) in [6, 6.07) is 4.67. The van der Waals surface area contributed by atoms with E-state index in [2.05, 4.69) is 44.8 Å². The lowest BCUT2D eigenvalue weighted by Gasteiger charge is -2.39. The number of pyridine rings is 1. The van der Waals surface area contributed by atoms with E-state index in [1.165, 1.54) is 5.56 Å². The lowest BCUT2D eigenvalue weighted by molar-refractivity contribution is 0.0114. The van der Waals surface area contributed by atoms with Gasteiger partial charge < -0.3 is 14.2 Å². The molecule has 2 aromatic heterocycles. The zero-order chi connectivity index (χ0) is 17.9. The van der Waals surface area contributed by atoms with Gasteiger partial charge in [-0.2, -0.15) is 4.98 Å². The van der Waals surface area contributed by atoms with Crippen molar-refractivity contribution in [3.05, 3.63) is 23.9 Å². The van der Waals surface area contributed by atoms with Crippen molar-refractivity contribution in [2.45, 2.75) is 38.6 Å². The minimum atomic E-state index is 0.461. The summed E-state index contributed by atoms with van der Waals surface area (Å²) < 4.78 is 10.9. The normalized spacial score (nSPS) is 20.0. The largest absolute Gasteiger partial charge is 0.379 e. The molecule has 0 unspecified atom stereocenters. The van der Waals surface area contributed by atoms with Crippen LogP contribution in [0.15, 0.2) is 22.9 Å². The van der Waals surface area contributed by atoms with E-state index in [-0.39, 0.29) is 0 Å². The number of hydrogen-bond acceptors (Lipinski definition) is 7. The molecule has 140 valence electrons. The first kappa shape index (κ1) is 17.4. The fourth-order valence-corrected chi connectivity index (χ4v) is 3.70. The first-order valence-electron chi connectivity index (χ1n) is 9.57. The molecule has 0 N–H and O–H groups in total. The molecule has 26 heavy (non-hydrogen) atoms. The van der Waals surface area contributed by atoms with Gasteiger partial charge >= 0.3 is 0 Å². The molecule has 2 aliphatic rings. The third-order valence-electron chi connectivity index (χ3n) is 5.40. The maximum atomic E-state index is 5.46. The fourth-order valence-electron chi connectivity index (χ4n) is 3.70. The van der Waals surface area contributed by atoms with Gasteiger partial charge in [0.15, 0.2) is 0 Å². The first-order valence-corrected chi connectivity index (χ1v) is 9.57. The van der Waals surface area contributed by atoms with E-state index in [1.54, 1.807) is 0 Å². The third-order valence-corrected chi connectivity index (χ3v) is 5.40. The molecular weight excluding hydrogens is 330 g/mol. The highest BCUT2D eigenvalue weighted by atomic mass is 16.5. The van der Waals surface area contributed by atoms with Crippen molar-refractivity contribution in [3.63, 3.8) is 0 Å². The molecule has 0 aliphatic carbocycles. The van der Waals surface area contributed by atoms with Crippen LogP contribution in [0.2, 0.25) is 0 Å². The topological polar surface area (TPSA) is 67.5 Å². The Labute approximate surface area is 154 Å². The van der Waals surface area contributed by atoms with Crippen LogP contribution in [0.1, 0.15) is 38.2 Å². The second-order valence-corrected chi connectivity index (χ2v) is 7.40. The molecule has 0 aromatic carbocycles. The maximum Gasteiger partial charge on any atom is 0.278 e. The van der Waals surface area contributed by atoms with Crippen molar-refractivity contribution in [1.82, 2.24) is 20.0 Å². The summed E-state index contributed by atoms with van der Waals surface area (Å²) in [5, 5.41) is 4.18. The molecule has 2 aliphatic heterocycles. The summed E-state index contributed by atoms with van der Waals surface area (Å²) in [7, 11) is 0. The van der Waals surface area contributed by atoms with E-state index in [0.29, 0.717) is 23.8 Å². The van der Waals surface area contributed by atoms with Crippen LogP contribution < -0.4 is 4.90 Å². The van der Waals surface area contributed by atoms with E-state index < -0.39 is 0 Å². The molecule has 0 bridgehead atoms. The molecule has 0 spiro atoms. The van der Waals surface area contributed by atoms with Crippen LogP contribution in [0.25, 0.3) is 11.6 Å². The smallest absolute Gasteiger partial charge is 0.278 e. The van der Waals surface area contributed by atoms with Crippen LogP contribution in [-0.4, -0.2) is 65.5 Å². The number of morpholine rings is 1. The molecule has 0 amide bonds. The molecule has 0 radical (unpaired) electrons. The molecule has 2 saturated heterocycles. The highest BCUT2D eigenvalue weighted by molar-refractivity contribution is 5.49. The SMILES string of the molecule is CC(C)c1ccc(-c2nc(N3CCC(N4CCOCC4)CC3)no2)nc1. The first-order chi connectivity index (χ1) is 12.7. The zero-order valence-electron chi connectivity index (χ0n) is 15.6. The second-order valence-electron chi connectivity index (χ2n) is 7.40. The van der Waals surface area contributed by atoms with Gasteiger partial charge in [-0.15, -0.1) is 0 Å². The Morgan fingerprint density at radius 2 is 1.85 bits per heavy atom.